The third-order valence-electron chi connectivity index (χ3n) is 4.01. The van der Waals surface area contributed by atoms with Crippen molar-refractivity contribution in [3.8, 4) is 0 Å². The molecule has 1 aliphatic rings. The van der Waals surface area contributed by atoms with Gasteiger partial charge in [-0.25, -0.2) is 4.98 Å². The monoisotopic (exact) mass is 295 g/mol. The zero-order valence-electron chi connectivity index (χ0n) is 12.6. The lowest BCUT2D eigenvalue weighted by molar-refractivity contribution is 0.0927. The van der Waals surface area contributed by atoms with Crippen molar-refractivity contribution in [1.82, 2.24) is 10.3 Å². The van der Waals surface area contributed by atoms with Crippen LogP contribution in [0.3, 0.4) is 0 Å². The second kappa shape index (κ2) is 7.07. The van der Waals surface area contributed by atoms with Gasteiger partial charge in [0.25, 0.3) is 5.91 Å². The molecule has 1 amide bonds. The van der Waals surface area contributed by atoms with Gasteiger partial charge in [0.15, 0.2) is 0 Å². The summed E-state index contributed by atoms with van der Waals surface area (Å²) in [4.78, 5) is 16.5. The molecule has 1 fully saturated rings. The van der Waals surface area contributed by atoms with Crippen LogP contribution in [-0.2, 0) is 0 Å². The predicted octanol–water partition coefficient (Wildman–Crippen LogP) is 3.89. The smallest absolute Gasteiger partial charge is 0.253 e. The van der Waals surface area contributed by atoms with E-state index in [1.54, 1.807) is 6.20 Å². The van der Waals surface area contributed by atoms with Crippen molar-refractivity contribution in [2.75, 3.05) is 5.32 Å². The lowest BCUT2D eigenvalue weighted by Gasteiger charge is -2.22. The molecule has 2 aromatic rings. The molecule has 22 heavy (non-hydrogen) atoms. The Morgan fingerprint density at radius 2 is 1.77 bits per heavy atom. The molecule has 1 saturated carbocycles. The fourth-order valence-electron chi connectivity index (χ4n) is 2.79. The summed E-state index contributed by atoms with van der Waals surface area (Å²) < 4.78 is 0. The molecule has 0 radical (unpaired) electrons. The number of rotatable bonds is 4. The normalized spacial score (nSPS) is 15.3. The van der Waals surface area contributed by atoms with Gasteiger partial charge in [0.1, 0.15) is 5.82 Å². The topological polar surface area (TPSA) is 54.0 Å². The first-order chi connectivity index (χ1) is 10.8. The second-order valence-corrected chi connectivity index (χ2v) is 5.73. The summed E-state index contributed by atoms with van der Waals surface area (Å²) in [5.74, 6) is 0.714. The number of anilines is 2. The summed E-state index contributed by atoms with van der Waals surface area (Å²) in [6, 6.07) is 13.8. The van der Waals surface area contributed by atoms with Crippen LogP contribution in [0.4, 0.5) is 11.5 Å². The van der Waals surface area contributed by atoms with E-state index >= 15 is 0 Å². The van der Waals surface area contributed by atoms with Gasteiger partial charge in [-0.2, -0.15) is 0 Å². The summed E-state index contributed by atoms with van der Waals surface area (Å²) >= 11 is 0. The first-order valence-electron chi connectivity index (χ1n) is 7.90. The molecular formula is C18H21N3O. The number of hydrogen-bond acceptors (Lipinski definition) is 3. The molecule has 1 aromatic carbocycles. The fourth-order valence-corrected chi connectivity index (χ4v) is 2.79. The van der Waals surface area contributed by atoms with Crippen molar-refractivity contribution in [1.29, 1.82) is 0 Å². The minimum Gasteiger partial charge on any atom is -0.349 e. The number of carbonyl (C=O) groups excluding carboxylic acids is 1. The zero-order chi connectivity index (χ0) is 15.2. The number of aromatic nitrogens is 1. The number of pyridine rings is 1. The second-order valence-electron chi connectivity index (χ2n) is 5.73. The number of amides is 1. The highest BCUT2D eigenvalue weighted by Gasteiger charge is 2.16. The van der Waals surface area contributed by atoms with Crippen LogP contribution in [0.15, 0.2) is 48.7 Å². The number of carbonyl (C=O) groups is 1. The van der Waals surface area contributed by atoms with Crippen LogP contribution in [0.1, 0.15) is 42.5 Å². The summed E-state index contributed by atoms with van der Waals surface area (Å²) in [7, 11) is 0. The molecule has 1 aromatic heterocycles. The molecule has 1 aliphatic carbocycles. The number of nitrogens with zero attached hydrogens (tertiary/aromatic N) is 1. The van der Waals surface area contributed by atoms with Crippen molar-refractivity contribution >= 4 is 17.4 Å². The van der Waals surface area contributed by atoms with Crippen LogP contribution in [-0.4, -0.2) is 16.9 Å². The van der Waals surface area contributed by atoms with Gasteiger partial charge in [-0.3, -0.25) is 4.79 Å². The molecule has 2 N–H and O–H groups in total. The average Bonchev–Trinajstić information content (AvgIpc) is 2.57. The van der Waals surface area contributed by atoms with E-state index < -0.39 is 0 Å². The number of hydrogen-bond donors (Lipinski definition) is 2. The van der Waals surface area contributed by atoms with Gasteiger partial charge in [0.2, 0.25) is 0 Å². The molecule has 0 unspecified atom stereocenters. The Bertz CT molecular complexity index is 604. The molecule has 4 nitrogen and oxygen atoms in total. The minimum absolute atomic E-state index is 0.0225. The Hall–Kier alpha value is -2.36. The van der Waals surface area contributed by atoms with Crippen LogP contribution in [0.2, 0.25) is 0 Å². The molecular weight excluding hydrogens is 274 g/mol. The van der Waals surface area contributed by atoms with Gasteiger partial charge in [-0.05, 0) is 37.1 Å². The Morgan fingerprint density at radius 3 is 2.45 bits per heavy atom. The van der Waals surface area contributed by atoms with Crippen molar-refractivity contribution in [3.63, 3.8) is 0 Å². The molecule has 0 bridgehead atoms. The van der Waals surface area contributed by atoms with Crippen LogP contribution in [0, 0.1) is 0 Å². The first-order valence-corrected chi connectivity index (χ1v) is 7.90. The molecule has 0 aliphatic heterocycles. The average molecular weight is 295 g/mol. The van der Waals surface area contributed by atoms with E-state index in [1.807, 2.05) is 42.5 Å². The maximum absolute atomic E-state index is 12.2. The largest absolute Gasteiger partial charge is 0.349 e. The van der Waals surface area contributed by atoms with E-state index in [2.05, 4.69) is 15.6 Å². The Kier molecular flexibility index (Phi) is 4.68. The zero-order valence-corrected chi connectivity index (χ0v) is 12.6. The summed E-state index contributed by atoms with van der Waals surface area (Å²) in [6.45, 7) is 0. The number of benzene rings is 1. The van der Waals surface area contributed by atoms with Gasteiger partial charge in [0.05, 0.1) is 5.56 Å². The molecule has 4 heteroatoms. The van der Waals surface area contributed by atoms with Crippen LogP contribution < -0.4 is 10.6 Å². The van der Waals surface area contributed by atoms with Crippen molar-refractivity contribution in [2.45, 2.75) is 38.1 Å². The lowest BCUT2D eigenvalue weighted by atomic mass is 9.95. The minimum atomic E-state index is -0.0225. The first kappa shape index (κ1) is 14.6. The molecule has 0 atom stereocenters. The van der Waals surface area contributed by atoms with E-state index in [4.69, 9.17) is 0 Å². The molecule has 114 valence electrons. The van der Waals surface area contributed by atoms with Crippen molar-refractivity contribution < 1.29 is 4.79 Å². The van der Waals surface area contributed by atoms with Crippen LogP contribution in [0.5, 0.6) is 0 Å². The Balaban J connectivity index is 1.59. The van der Waals surface area contributed by atoms with Crippen LogP contribution in [0.25, 0.3) is 0 Å². The molecule has 1 heterocycles. The Morgan fingerprint density at radius 1 is 1.00 bits per heavy atom. The van der Waals surface area contributed by atoms with Gasteiger partial charge in [-0.15, -0.1) is 0 Å². The quantitative estimate of drug-likeness (QED) is 0.899. The summed E-state index contributed by atoms with van der Waals surface area (Å²) in [5, 5.41) is 6.31. The Labute approximate surface area is 131 Å². The van der Waals surface area contributed by atoms with Gasteiger partial charge < -0.3 is 10.6 Å². The van der Waals surface area contributed by atoms with Crippen molar-refractivity contribution in [3.05, 3.63) is 54.2 Å². The fraction of sp³-hybridized carbons (Fsp3) is 0.333. The third kappa shape index (κ3) is 3.85. The van der Waals surface area contributed by atoms with E-state index in [0.29, 0.717) is 11.6 Å². The third-order valence-corrected chi connectivity index (χ3v) is 4.01. The lowest BCUT2D eigenvalue weighted by Crippen LogP contribution is -2.36. The van der Waals surface area contributed by atoms with Crippen LogP contribution >= 0.6 is 0 Å². The highest BCUT2D eigenvalue weighted by atomic mass is 16.1. The van der Waals surface area contributed by atoms with Gasteiger partial charge in [-0.1, -0.05) is 37.5 Å². The highest BCUT2D eigenvalue weighted by molar-refractivity contribution is 5.94. The highest BCUT2D eigenvalue weighted by Crippen LogP contribution is 2.18. The number of para-hydroxylation sites is 1. The number of nitrogens with one attached hydrogen (secondary N) is 2. The SMILES string of the molecule is O=C(NC1CCCCC1)c1ccc(Nc2ccccc2)nc1. The van der Waals surface area contributed by atoms with E-state index in [-0.39, 0.29) is 5.91 Å². The van der Waals surface area contributed by atoms with Gasteiger partial charge in [0, 0.05) is 17.9 Å². The van der Waals surface area contributed by atoms with E-state index in [1.165, 1.54) is 19.3 Å². The standard InChI is InChI=1S/C18H21N3O/c22-18(21-16-9-5-2-6-10-16)14-11-12-17(19-13-14)20-15-7-3-1-4-8-15/h1,3-4,7-8,11-13,16H,2,5-6,9-10H2,(H,19,20)(H,21,22). The molecule has 0 spiro atoms. The predicted molar refractivity (Wildman–Crippen MR) is 88.3 cm³/mol. The summed E-state index contributed by atoms with van der Waals surface area (Å²) in [6.07, 6.45) is 7.52. The molecule has 0 saturated heterocycles. The van der Waals surface area contributed by atoms with E-state index in [9.17, 15) is 4.79 Å². The maximum atomic E-state index is 12.2. The summed E-state index contributed by atoms with van der Waals surface area (Å²) in [5.41, 5.74) is 1.60. The van der Waals surface area contributed by atoms with E-state index in [0.717, 1.165) is 24.3 Å². The molecule has 3 rings (SSSR count). The van der Waals surface area contributed by atoms with Gasteiger partial charge >= 0.3 is 0 Å². The maximum Gasteiger partial charge on any atom is 0.253 e. The van der Waals surface area contributed by atoms with Crippen molar-refractivity contribution in [2.24, 2.45) is 0 Å².